The fourth-order valence-electron chi connectivity index (χ4n) is 5.84. The zero-order valence-electron chi connectivity index (χ0n) is 26.7. The summed E-state index contributed by atoms with van der Waals surface area (Å²) in [6.45, 7) is 3.85. The lowest BCUT2D eigenvalue weighted by Gasteiger charge is -2.30. The number of carbonyl (C=O) groups excluding carboxylic acids is 1. The minimum atomic E-state index is -0.221. The predicted octanol–water partition coefficient (Wildman–Crippen LogP) is 6.68. The number of likely N-dealkylation sites (tertiary alicyclic amines) is 1. The van der Waals surface area contributed by atoms with Gasteiger partial charge < -0.3 is 30.3 Å². The summed E-state index contributed by atoms with van der Waals surface area (Å²) in [5.74, 6) is 0.820. The van der Waals surface area contributed by atoms with E-state index >= 15 is 0 Å². The molecular formula is C37H36ClN7O3. The first-order valence-corrected chi connectivity index (χ1v) is 16.4. The zero-order valence-corrected chi connectivity index (χ0v) is 27.4. The average Bonchev–Trinajstić information content (AvgIpc) is 3.10. The van der Waals surface area contributed by atoms with E-state index in [2.05, 4.69) is 45.0 Å². The molecular weight excluding hydrogens is 626 g/mol. The van der Waals surface area contributed by atoms with E-state index in [1.165, 1.54) is 6.20 Å². The van der Waals surface area contributed by atoms with Crippen molar-refractivity contribution < 1.29 is 14.3 Å². The average molecular weight is 662 g/mol. The van der Waals surface area contributed by atoms with Crippen LogP contribution >= 0.6 is 11.6 Å². The molecule has 0 saturated carbocycles. The summed E-state index contributed by atoms with van der Waals surface area (Å²) in [6.07, 6.45) is 6.63. The Morgan fingerprint density at radius 2 is 1.83 bits per heavy atom. The number of benzene rings is 3. The van der Waals surface area contributed by atoms with Gasteiger partial charge in [-0.1, -0.05) is 29.3 Å². The quantitative estimate of drug-likeness (QED) is 0.168. The molecule has 1 aromatic heterocycles. The molecule has 2 aliphatic heterocycles. The Morgan fingerprint density at radius 1 is 1.06 bits per heavy atom. The van der Waals surface area contributed by atoms with E-state index in [-0.39, 0.29) is 18.6 Å². The van der Waals surface area contributed by atoms with E-state index in [1.807, 2.05) is 30.3 Å². The molecule has 0 aliphatic carbocycles. The number of halogens is 1. The summed E-state index contributed by atoms with van der Waals surface area (Å²) in [5, 5.41) is 29.8. The first-order valence-electron chi connectivity index (χ1n) is 16.0. The van der Waals surface area contributed by atoms with Crippen LogP contribution in [0.1, 0.15) is 42.4 Å². The molecule has 2 saturated heterocycles. The Hall–Kier alpha value is -5.13. The lowest BCUT2D eigenvalue weighted by molar-refractivity contribution is -0.112. The van der Waals surface area contributed by atoms with Crippen molar-refractivity contribution >= 4 is 45.5 Å². The monoisotopic (exact) mass is 661 g/mol. The van der Waals surface area contributed by atoms with Gasteiger partial charge in [-0.05, 0) is 87.8 Å². The third-order valence-electron chi connectivity index (χ3n) is 8.57. The zero-order chi connectivity index (χ0) is 33.5. The molecule has 2 aliphatic rings. The molecule has 0 radical (unpaired) electrons. The number of piperidine rings is 2. The summed E-state index contributed by atoms with van der Waals surface area (Å²) >= 11 is 6.62. The number of hydrogen-bond acceptors (Lipinski definition) is 9. The summed E-state index contributed by atoms with van der Waals surface area (Å²) in [4.78, 5) is 20.1. The number of carbonyl (C=O) groups is 1. The largest absolute Gasteiger partial charge is 0.488 e. The molecule has 48 heavy (non-hydrogen) atoms. The number of anilines is 3. The van der Waals surface area contributed by atoms with Gasteiger partial charge in [-0.15, -0.1) is 0 Å². The van der Waals surface area contributed by atoms with Gasteiger partial charge in [-0.25, -0.2) is 0 Å². The second-order valence-corrected chi connectivity index (χ2v) is 12.5. The standard InChI is InChI=1S/C37H36ClN7O3/c1-45-14-10-29(11-15-45)48-35-19-32-30(18-33(35)44-36(46)16-24-8-12-41-13-9-24)37(27(21-40)22-42-32)43-28-6-7-34(31(38)17-28)47-23-26-4-2-25(20-39)3-5-26/h2-7,16-19,22,29,41H,8-15,23H2,1H3,(H,42,43)(H,44,46). The van der Waals surface area contributed by atoms with Crippen LogP contribution in [-0.2, 0) is 11.4 Å². The van der Waals surface area contributed by atoms with Crippen molar-refractivity contribution in [2.75, 3.05) is 43.9 Å². The number of nitrogens with one attached hydrogen (secondary N) is 3. The predicted molar refractivity (Wildman–Crippen MR) is 187 cm³/mol. The molecule has 244 valence electrons. The third kappa shape index (κ3) is 8.04. The van der Waals surface area contributed by atoms with Crippen LogP contribution in [0.4, 0.5) is 17.1 Å². The fraction of sp³-hybridized carbons (Fsp3) is 0.297. The Bertz CT molecular complexity index is 1910. The number of hydrogen-bond donors (Lipinski definition) is 3. The molecule has 10 nitrogen and oxygen atoms in total. The van der Waals surface area contributed by atoms with Gasteiger partial charge in [-0.2, -0.15) is 10.5 Å². The Balaban J connectivity index is 1.29. The topological polar surface area (TPSA) is 135 Å². The Labute approximate surface area is 284 Å². The van der Waals surface area contributed by atoms with Gasteiger partial charge in [0, 0.05) is 42.5 Å². The van der Waals surface area contributed by atoms with Gasteiger partial charge >= 0.3 is 0 Å². The van der Waals surface area contributed by atoms with E-state index in [4.69, 9.17) is 26.3 Å². The SMILES string of the molecule is CN1CCC(Oc2cc3ncc(C#N)c(Nc4ccc(OCc5ccc(C#N)cc5)c(Cl)c4)c3cc2NC(=O)C=C2CCNCC2)CC1. The van der Waals surface area contributed by atoms with Crippen molar-refractivity contribution in [3.8, 4) is 23.6 Å². The van der Waals surface area contributed by atoms with Gasteiger partial charge in [0.2, 0.25) is 5.91 Å². The number of amides is 1. The second-order valence-electron chi connectivity index (χ2n) is 12.1. The molecule has 4 aromatic rings. The van der Waals surface area contributed by atoms with E-state index < -0.39 is 0 Å². The Morgan fingerprint density at radius 3 is 2.54 bits per heavy atom. The smallest absolute Gasteiger partial charge is 0.248 e. The number of ether oxygens (including phenoxy) is 2. The van der Waals surface area contributed by atoms with Crippen LogP contribution in [0.3, 0.4) is 0 Å². The number of rotatable bonds is 9. The third-order valence-corrected chi connectivity index (χ3v) is 8.86. The molecule has 3 N–H and O–H groups in total. The van der Waals surface area contributed by atoms with Crippen molar-refractivity contribution in [2.45, 2.75) is 38.4 Å². The number of nitrogens with zero attached hydrogens (tertiary/aromatic N) is 4. The van der Waals surface area contributed by atoms with E-state index in [9.17, 15) is 10.1 Å². The number of pyridine rings is 1. The lowest BCUT2D eigenvalue weighted by atomic mass is 10.0. The highest BCUT2D eigenvalue weighted by Gasteiger charge is 2.22. The van der Waals surface area contributed by atoms with Gasteiger partial charge in [0.1, 0.15) is 30.3 Å². The highest BCUT2D eigenvalue weighted by Crippen LogP contribution is 2.38. The fourth-order valence-corrected chi connectivity index (χ4v) is 6.07. The van der Waals surface area contributed by atoms with Gasteiger partial charge in [-0.3, -0.25) is 9.78 Å². The van der Waals surface area contributed by atoms with Gasteiger partial charge in [0.15, 0.2) is 0 Å². The maximum absolute atomic E-state index is 13.3. The summed E-state index contributed by atoms with van der Waals surface area (Å²) < 4.78 is 12.4. The molecule has 1 amide bonds. The first-order chi connectivity index (χ1) is 23.4. The number of nitriles is 2. The van der Waals surface area contributed by atoms with Crippen LogP contribution in [0, 0.1) is 22.7 Å². The number of fused-ring (bicyclic) bond motifs is 1. The van der Waals surface area contributed by atoms with Crippen LogP contribution < -0.4 is 25.4 Å². The van der Waals surface area contributed by atoms with Crippen LogP contribution in [-0.4, -0.2) is 55.1 Å². The van der Waals surface area contributed by atoms with Crippen LogP contribution in [0.15, 0.2) is 72.4 Å². The molecule has 3 heterocycles. The molecule has 0 bridgehead atoms. The molecule has 11 heteroatoms. The van der Waals surface area contributed by atoms with Crippen molar-refractivity contribution in [3.05, 3.63) is 94.2 Å². The van der Waals surface area contributed by atoms with E-state index in [0.717, 1.165) is 63.0 Å². The van der Waals surface area contributed by atoms with Gasteiger partial charge in [0.25, 0.3) is 0 Å². The summed E-state index contributed by atoms with van der Waals surface area (Å²) in [6, 6.07) is 20.5. The van der Waals surface area contributed by atoms with Crippen molar-refractivity contribution in [1.29, 1.82) is 10.5 Å². The van der Waals surface area contributed by atoms with Crippen LogP contribution in [0.25, 0.3) is 10.9 Å². The highest BCUT2D eigenvalue weighted by atomic mass is 35.5. The maximum atomic E-state index is 13.3. The normalized spacial score (nSPS) is 15.3. The van der Waals surface area contributed by atoms with Crippen molar-refractivity contribution in [1.82, 2.24) is 15.2 Å². The minimum Gasteiger partial charge on any atom is -0.488 e. The number of aromatic nitrogens is 1. The minimum absolute atomic E-state index is 0.00726. The van der Waals surface area contributed by atoms with Crippen LogP contribution in [0.5, 0.6) is 11.5 Å². The van der Waals surface area contributed by atoms with E-state index in [0.29, 0.717) is 55.6 Å². The van der Waals surface area contributed by atoms with Crippen LogP contribution in [0.2, 0.25) is 5.02 Å². The maximum Gasteiger partial charge on any atom is 0.248 e. The summed E-state index contributed by atoms with van der Waals surface area (Å²) in [7, 11) is 2.10. The molecule has 2 fully saturated rings. The highest BCUT2D eigenvalue weighted by molar-refractivity contribution is 6.32. The van der Waals surface area contributed by atoms with Crippen molar-refractivity contribution in [2.24, 2.45) is 0 Å². The molecule has 0 unspecified atom stereocenters. The van der Waals surface area contributed by atoms with E-state index in [1.54, 1.807) is 30.3 Å². The molecule has 6 rings (SSSR count). The lowest BCUT2D eigenvalue weighted by Crippen LogP contribution is -2.35. The first kappa shape index (κ1) is 32.8. The second kappa shape index (κ2) is 15.2. The van der Waals surface area contributed by atoms with Crippen molar-refractivity contribution in [3.63, 3.8) is 0 Å². The Kier molecular flexibility index (Phi) is 10.4. The molecule has 3 aromatic carbocycles. The van der Waals surface area contributed by atoms with Gasteiger partial charge in [0.05, 0.1) is 39.1 Å². The molecule has 0 atom stereocenters. The summed E-state index contributed by atoms with van der Waals surface area (Å²) in [5.41, 5.74) is 5.22. The molecule has 0 spiro atoms.